The summed E-state index contributed by atoms with van der Waals surface area (Å²) in [4.78, 5) is 0. The number of hydrogen-bond donors (Lipinski definition) is 1. The van der Waals surface area contributed by atoms with Crippen LogP contribution in [-0.2, 0) is 0 Å². The quantitative estimate of drug-likeness (QED) is 0.710. The minimum atomic E-state index is -0.537. The highest BCUT2D eigenvalue weighted by atomic mass is 79.9. The highest BCUT2D eigenvalue weighted by Gasteiger charge is 2.36. The second-order valence-electron chi connectivity index (χ2n) is 6.66. The van der Waals surface area contributed by atoms with Crippen LogP contribution in [0, 0.1) is 29.4 Å². The first-order chi connectivity index (χ1) is 10.1. The van der Waals surface area contributed by atoms with Crippen LogP contribution < -0.4 is 5.73 Å². The van der Waals surface area contributed by atoms with Crippen LogP contribution in [0.1, 0.15) is 56.6 Å². The molecule has 3 rings (SSSR count). The van der Waals surface area contributed by atoms with Gasteiger partial charge in [-0.05, 0) is 65.1 Å². The predicted molar refractivity (Wildman–Crippen MR) is 83.8 cm³/mol. The van der Waals surface area contributed by atoms with Crippen molar-refractivity contribution in [2.45, 2.75) is 51.0 Å². The first-order valence-corrected chi connectivity index (χ1v) is 8.76. The molecule has 2 aliphatic rings. The van der Waals surface area contributed by atoms with E-state index in [0.717, 1.165) is 18.8 Å². The van der Waals surface area contributed by atoms with E-state index in [9.17, 15) is 8.78 Å². The molecule has 116 valence electrons. The molecule has 2 fully saturated rings. The summed E-state index contributed by atoms with van der Waals surface area (Å²) in [6, 6.07) is 2.17. The van der Waals surface area contributed by atoms with Crippen molar-refractivity contribution in [1.29, 1.82) is 0 Å². The van der Waals surface area contributed by atoms with Gasteiger partial charge in [-0.1, -0.05) is 25.7 Å². The molecule has 0 aliphatic heterocycles. The van der Waals surface area contributed by atoms with Gasteiger partial charge in [0.15, 0.2) is 0 Å². The molecule has 0 aromatic heterocycles. The minimum absolute atomic E-state index is 0.0589. The molecule has 0 bridgehead atoms. The monoisotopic (exact) mass is 357 g/mol. The third-order valence-corrected chi connectivity index (χ3v) is 6.11. The standard InChI is InChI=1S/C17H22BrF2N/c18-13-7-8-14(19)15(16(13)20)17(21)12-6-5-10-3-1-2-4-11(10)9-12/h7-8,10-12,17H,1-6,9,21H2. The number of halogens is 3. The lowest BCUT2D eigenvalue weighted by Crippen LogP contribution is -2.33. The molecule has 0 radical (unpaired) electrons. The first kappa shape index (κ1) is 15.4. The van der Waals surface area contributed by atoms with Gasteiger partial charge in [-0.25, -0.2) is 8.78 Å². The van der Waals surface area contributed by atoms with Crippen molar-refractivity contribution in [3.63, 3.8) is 0 Å². The Hall–Kier alpha value is -0.480. The first-order valence-electron chi connectivity index (χ1n) is 7.97. The van der Waals surface area contributed by atoms with E-state index in [0.29, 0.717) is 10.4 Å². The van der Waals surface area contributed by atoms with Gasteiger partial charge in [0, 0.05) is 11.6 Å². The van der Waals surface area contributed by atoms with Crippen molar-refractivity contribution >= 4 is 15.9 Å². The van der Waals surface area contributed by atoms with E-state index >= 15 is 0 Å². The van der Waals surface area contributed by atoms with Gasteiger partial charge >= 0.3 is 0 Å². The van der Waals surface area contributed by atoms with Gasteiger partial charge in [-0.15, -0.1) is 0 Å². The number of benzene rings is 1. The van der Waals surface area contributed by atoms with Gasteiger partial charge in [0.25, 0.3) is 0 Å². The van der Waals surface area contributed by atoms with Crippen molar-refractivity contribution in [3.8, 4) is 0 Å². The second kappa shape index (κ2) is 6.33. The lowest BCUT2D eigenvalue weighted by Gasteiger charge is -2.41. The van der Waals surface area contributed by atoms with Crippen LogP contribution in [0.3, 0.4) is 0 Å². The molecule has 4 unspecified atom stereocenters. The average molecular weight is 358 g/mol. The number of fused-ring (bicyclic) bond motifs is 1. The summed E-state index contributed by atoms with van der Waals surface area (Å²) in [5.41, 5.74) is 6.32. The maximum atomic E-state index is 14.2. The second-order valence-corrected chi connectivity index (χ2v) is 7.51. The number of nitrogens with two attached hydrogens (primary N) is 1. The minimum Gasteiger partial charge on any atom is -0.324 e. The summed E-state index contributed by atoms with van der Waals surface area (Å²) in [5, 5.41) is 0. The average Bonchev–Trinajstić information content (AvgIpc) is 2.51. The zero-order valence-corrected chi connectivity index (χ0v) is 13.7. The molecule has 2 saturated carbocycles. The Morgan fingerprint density at radius 3 is 2.52 bits per heavy atom. The third kappa shape index (κ3) is 3.02. The molecule has 21 heavy (non-hydrogen) atoms. The van der Waals surface area contributed by atoms with Gasteiger partial charge < -0.3 is 5.73 Å². The van der Waals surface area contributed by atoms with Crippen molar-refractivity contribution in [2.75, 3.05) is 0 Å². The third-order valence-electron chi connectivity index (χ3n) is 5.50. The summed E-state index contributed by atoms with van der Waals surface area (Å²) < 4.78 is 28.6. The summed E-state index contributed by atoms with van der Waals surface area (Å²) in [5.74, 6) is 0.672. The fourth-order valence-corrected chi connectivity index (χ4v) is 4.67. The van der Waals surface area contributed by atoms with Gasteiger partial charge in [0.05, 0.1) is 4.47 Å². The molecule has 1 aromatic rings. The van der Waals surface area contributed by atoms with Gasteiger partial charge in [0.1, 0.15) is 11.6 Å². The van der Waals surface area contributed by atoms with Crippen LogP contribution in [0.15, 0.2) is 16.6 Å². The van der Waals surface area contributed by atoms with E-state index < -0.39 is 17.7 Å². The van der Waals surface area contributed by atoms with Crippen molar-refractivity contribution in [2.24, 2.45) is 23.5 Å². The smallest absolute Gasteiger partial charge is 0.145 e. The SMILES string of the molecule is NC(c1c(F)ccc(Br)c1F)C1CCC2CCCCC2C1. The highest BCUT2D eigenvalue weighted by Crippen LogP contribution is 2.46. The maximum Gasteiger partial charge on any atom is 0.145 e. The lowest BCUT2D eigenvalue weighted by atomic mass is 9.65. The Labute approximate surface area is 133 Å². The Balaban J connectivity index is 1.79. The molecular weight excluding hydrogens is 336 g/mol. The van der Waals surface area contributed by atoms with E-state index in [2.05, 4.69) is 15.9 Å². The lowest BCUT2D eigenvalue weighted by molar-refractivity contribution is 0.116. The summed E-state index contributed by atoms with van der Waals surface area (Å²) >= 11 is 3.13. The fraction of sp³-hybridized carbons (Fsp3) is 0.647. The molecule has 1 nitrogen and oxygen atoms in total. The van der Waals surface area contributed by atoms with Crippen LogP contribution in [0.4, 0.5) is 8.78 Å². The Kier molecular flexibility index (Phi) is 4.65. The highest BCUT2D eigenvalue weighted by molar-refractivity contribution is 9.10. The topological polar surface area (TPSA) is 26.0 Å². The molecule has 0 saturated heterocycles. The number of hydrogen-bond acceptors (Lipinski definition) is 1. The van der Waals surface area contributed by atoms with Crippen LogP contribution in [0.2, 0.25) is 0 Å². The molecule has 0 heterocycles. The molecule has 2 aliphatic carbocycles. The van der Waals surface area contributed by atoms with Crippen molar-refractivity contribution < 1.29 is 8.78 Å². The molecule has 2 N–H and O–H groups in total. The van der Waals surface area contributed by atoms with Gasteiger partial charge in [0.2, 0.25) is 0 Å². The summed E-state index contributed by atoms with van der Waals surface area (Å²) in [6.45, 7) is 0. The zero-order valence-electron chi connectivity index (χ0n) is 12.1. The van der Waals surface area contributed by atoms with E-state index in [1.807, 2.05) is 0 Å². The normalized spacial score (nSPS) is 30.8. The van der Waals surface area contributed by atoms with Crippen LogP contribution in [-0.4, -0.2) is 0 Å². The van der Waals surface area contributed by atoms with Gasteiger partial charge in [-0.3, -0.25) is 0 Å². The van der Waals surface area contributed by atoms with Gasteiger partial charge in [-0.2, -0.15) is 0 Å². The summed E-state index contributed by atoms with van der Waals surface area (Å²) in [7, 11) is 0. The van der Waals surface area contributed by atoms with E-state index in [1.54, 1.807) is 0 Å². The molecule has 1 aromatic carbocycles. The largest absolute Gasteiger partial charge is 0.324 e. The van der Waals surface area contributed by atoms with Crippen molar-refractivity contribution in [3.05, 3.63) is 33.8 Å². The molecule has 4 atom stereocenters. The number of rotatable bonds is 2. The Bertz CT molecular complexity index is 520. The van der Waals surface area contributed by atoms with Crippen LogP contribution >= 0.6 is 15.9 Å². The zero-order chi connectivity index (χ0) is 15.0. The van der Waals surface area contributed by atoms with E-state index in [-0.39, 0.29) is 11.5 Å². The fourth-order valence-electron chi connectivity index (χ4n) is 4.32. The molecule has 4 heteroatoms. The predicted octanol–water partition coefficient (Wildman–Crippen LogP) is 5.33. The van der Waals surface area contributed by atoms with E-state index in [1.165, 1.54) is 44.2 Å². The summed E-state index contributed by atoms with van der Waals surface area (Å²) in [6.07, 6.45) is 8.41. The molecular formula is C17H22BrF2N. The van der Waals surface area contributed by atoms with Crippen LogP contribution in [0.25, 0.3) is 0 Å². The van der Waals surface area contributed by atoms with Crippen LogP contribution in [0.5, 0.6) is 0 Å². The Morgan fingerprint density at radius 1 is 1.05 bits per heavy atom. The molecule has 0 spiro atoms. The maximum absolute atomic E-state index is 14.2. The Morgan fingerprint density at radius 2 is 1.76 bits per heavy atom. The van der Waals surface area contributed by atoms with Crippen molar-refractivity contribution in [1.82, 2.24) is 0 Å². The van der Waals surface area contributed by atoms with E-state index in [4.69, 9.17) is 5.73 Å². The molecule has 0 amide bonds.